The molecule has 0 fully saturated rings. The van der Waals surface area contributed by atoms with Crippen molar-refractivity contribution in [3.05, 3.63) is 34.9 Å². The predicted octanol–water partition coefficient (Wildman–Crippen LogP) is 2.89. The van der Waals surface area contributed by atoms with Crippen molar-refractivity contribution in [3.8, 4) is 0 Å². The maximum Gasteiger partial charge on any atom is 0.336 e. The molecule has 0 saturated carbocycles. The van der Waals surface area contributed by atoms with Crippen LogP contribution in [0.5, 0.6) is 0 Å². The minimum atomic E-state index is -0.550. The van der Waals surface area contributed by atoms with Gasteiger partial charge in [-0.05, 0) is 51.7 Å². The molecule has 0 aromatic carbocycles. The smallest absolute Gasteiger partial charge is 0.336 e. The molecule has 0 spiro atoms. The van der Waals surface area contributed by atoms with Gasteiger partial charge in [0, 0.05) is 12.7 Å². The molecule has 1 heterocycles. The van der Waals surface area contributed by atoms with Crippen molar-refractivity contribution >= 4 is 5.97 Å². The molecule has 1 rings (SSSR count). The molecule has 20 heavy (non-hydrogen) atoms. The second kappa shape index (κ2) is 8.02. The SMILES string of the molecule is COC1C=C(CCC=C(C)C(O)CC=C(C)C)C(=O)O1. The quantitative estimate of drug-likeness (QED) is 0.575. The maximum absolute atomic E-state index is 11.5. The van der Waals surface area contributed by atoms with Crippen LogP contribution in [0.3, 0.4) is 0 Å². The van der Waals surface area contributed by atoms with Crippen LogP contribution >= 0.6 is 0 Å². The molecule has 1 aliphatic rings. The van der Waals surface area contributed by atoms with Crippen molar-refractivity contribution in [3.63, 3.8) is 0 Å². The zero-order valence-electron chi connectivity index (χ0n) is 12.7. The highest BCUT2D eigenvalue weighted by Crippen LogP contribution is 2.19. The van der Waals surface area contributed by atoms with Gasteiger partial charge >= 0.3 is 5.97 Å². The summed E-state index contributed by atoms with van der Waals surface area (Å²) in [6, 6.07) is 0. The van der Waals surface area contributed by atoms with E-state index in [-0.39, 0.29) is 5.97 Å². The second-order valence-corrected chi connectivity index (χ2v) is 5.22. The Labute approximate surface area is 120 Å². The molecule has 0 saturated heterocycles. The monoisotopic (exact) mass is 280 g/mol. The second-order valence-electron chi connectivity index (χ2n) is 5.22. The molecule has 0 aromatic heterocycles. The third-order valence-electron chi connectivity index (χ3n) is 3.21. The molecule has 0 aliphatic carbocycles. The molecule has 0 amide bonds. The fourth-order valence-electron chi connectivity index (χ4n) is 1.87. The van der Waals surface area contributed by atoms with Gasteiger partial charge in [-0.25, -0.2) is 4.79 Å². The Morgan fingerprint density at radius 3 is 2.70 bits per heavy atom. The lowest BCUT2D eigenvalue weighted by molar-refractivity contribution is -0.155. The summed E-state index contributed by atoms with van der Waals surface area (Å²) in [5.41, 5.74) is 2.76. The van der Waals surface area contributed by atoms with Gasteiger partial charge in [0.05, 0.1) is 6.10 Å². The van der Waals surface area contributed by atoms with Gasteiger partial charge in [-0.3, -0.25) is 0 Å². The van der Waals surface area contributed by atoms with E-state index in [9.17, 15) is 9.90 Å². The first-order valence-corrected chi connectivity index (χ1v) is 6.86. The summed E-state index contributed by atoms with van der Waals surface area (Å²) in [4.78, 5) is 11.5. The van der Waals surface area contributed by atoms with Crippen molar-refractivity contribution in [2.45, 2.75) is 52.4 Å². The van der Waals surface area contributed by atoms with Crippen LogP contribution in [0.1, 0.15) is 40.0 Å². The van der Waals surface area contributed by atoms with Crippen molar-refractivity contribution < 1.29 is 19.4 Å². The fraction of sp³-hybridized carbons (Fsp3) is 0.562. The van der Waals surface area contributed by atoms with Crippen molar-refractivity contribution in [1.82, 2.24) is 0 Å². The molecule has 1 aliphatic heterocycles. The van der Waals surface area contributed by atoms with Crippen molar-refractivity contribution in [2.75, 3.05) is 7.11 Å². The van der Waals surface area contributed by atoms with E-state index < -0.39 is 12.4 Å². The third kappa shape index (κ3) is 5.31. The summed E-state index contributed by atoms with van der Waals surface area (Å²) < 4.78 is 9.91. The molecular weight excluding hydrogens is 256 g/mol. The van der Waals surface area contributed by atoms with Crippen molar-refractivity contribution in [1.29, 1.82) is 0 Å². The number of ether oxygens (including phenoxy) is 2. The number of hydrogen-bond acceptors (Lipinski definition) is 4. The van der Waals surface area contributed by atoms with Gasteiger partial charge in [-0.1, -0.05) is 17.7 Å². The first-order chi connectivity index (χ1) is 9.43. The topological polar surface area (TPSA) is 55.8 Å². The van der Waals surface area contributed by atoms with Crippen LogP contribution in [0.2, 0.25) is 0 Å². The first kappa shape index (κ1) is 16.7. The van der Waals surface area contributed by atoms with E-state index in [2.05, 4.69) is 0 Å². The Morgan fingerprint density at radius 2 is 2.15 bits per heavy atom. The molecule has 112 valence electrons. The third-order valence-corrected chi connectivity index (χ3v) is 3.21. The highest BCUT2D eigenvalue weighted by molar-refractivity contribution is 5.90. The summed E-state index contributed by atoms with van der Waals surface area (Å²) >= 11 is 0. The Balaban J connectivity index is 2.44. The normalized spacial score (nSPS) is 20.4. The van der Waals surface area contributed by atoms with E-state index in [0.717, 1.165) is 5.57 Å². The Bertz CT molecular complexity index is 428. The predicted molar refractivity (Wildman–Crippen MR) is 78.0 cm³/mol. The Kier molecular flexibility index (Phi) is 6.68. The first-order valence-electron chi connectivity index (χ1n) is 6.86. The van der Waals surface area contributed by atoms with Gasteiger partial charge in [-0.15, -0.1) is 0 Å². The maximum atomic E-state index is 11.5. The van der Waals surface area contributed by atoms with Crippen molar-refractivity contribution in [2.24, 2.45) is 0 Å². The highest BCUT2D eigenvalue weighted by atomic mass is 16.7. The lowest BCUT2D eigenvalue weighted by Crippen LogP contribution is -2.09. The molecule has 4 nitrogen and oxygen atoms in total. The van der Waals surface area contributed by atoms with E-state index in [1.165, 1.54) is 12.7 Å². The van der Waals surface area contributed by atoms with E-state index in [0.29, 0.717) is 24.8 Å². The standard InChI is InChI=1S/C16H24O4/c1-11(2)8-9-14(17)12(3)6-5-7-13-10-15(19-4)20-16(13)18/h6,8,10,14-15,17H,5,7,9H2,1-4H3. The average Bonchev–Trinajstić information content (AvgIpc) is 2.76. The molecule has 1 N–H and O–H groups in total. The van der Waals surface area contributed by atoms with Crippen LogP contribution in [0, 0.1) is 0 Å². The zero-order chi connectivity index (χ0) is 15.1. The Morgan fingerprint density at radius 1 is 1.45 bits per heavy atom. The molecule has 4 heteroatoms. The summed E-state index contributed by atoms with van der Waals surface area (Å²) in [5, 5.41) is 9.95. The van der Waals surface area contributed by atoms with E-state index >= 15 is 0 Å². The van der Waals surface area contributed by atoms with E-state index in [1.54, 1.807) is 6.08 Å². The molecule has 2 unspecified atom stereocenters. The number of aliphatic hydroxyl groups is 1. The lowest BCUT2D eigenvalue weighted by Gasteiger charge is -2.09. The van der Waals surface area contributed by atoms with Crippen LogP contribution < -0.4 is 0 Å². The van der Waals surface area contributed by atoms with E-state index in [4.69, 9.17) is 9.47 Å². The van der Waals surface area contributed by atoms with Gasteiger partial charge in [0.15, 0.2) is 0 Å². The summed E-state index contributed by atoms with van der Waals surface area (Å²) in [7, 11) is 1.50. The number of aliphatic hydroxyl groups excluding tert-OH is 1. The van der Waals surface area contributed by atoms with Crippen LogP contribution in [0.15, 0.2) is 34.9 Å². The number of carbonyl (C=O) groups excluding carboxylic acids is 1. The minimum absolute atomic E-state index is 0.312. The van der Waals surface area contributed by atoms with Crippen LogP contribution in [0.4, 0.5) is 0 Å². The van der Waals surface area contributed by atoms with Gasteiger partial charge < -0.3 is 14.6 Å². The lowest BCUT2D eigenvalue weighted by atomic mass is 10.0. The number of carbonyl (C=O) groups is 1. The number of methoxy groups -OCH3 is 1. The van der Waals surface area contributed by atoms with Gasteiger partial charge in [0.25, 0.3) is 0 Å². The number of allylic oxidation sites excluding steroid dienone is 2. The van der Waals surface area contributed by atoms with Gasteiger partial charge in [0.1, 0.15) is 0 Å². The van der Waals surface area contributed by atoms with Crippen LogP contribution in [-0.2, 0) is 14.3 Å². The number of hydrogen-bond donors (Lipinski definition) is 1. The number of rotatable bonds is 7. The number of esters is 1. The Hall–Kier alpha value is -1.39. The summed E-state index contributed by atoms with van der Waals surface area (Å²) in [6.45, 7) is 5.93. The summed E-state index contributed by atoms with van der Waals surface area (Å²) in [6.07, 6.45) is 6.61. The molecular formula is C16H24O4. The zero-order valence-corrected chi connectivity index (χ0v) is 12.7. The van der Waals surface area contributed by atoms with Gasteiger partial charge in [0.2, 0.25) is 6.29 Å². The fourth-order valence-corrected chi connectivity index (χ4v) is 1.87. The molecule has 0 aromatic rings. The largest absolute Gasteiger partial charge is 0.429 e. The van der Waals surface area contributed by atoms with Gasteiger partial charge in [-0.2, -0.15) is 0 Å². The summed E-state index contributed by atoms with van der Waals surface area (Å²) in [5.74, 6) is -0.312. The van der Waals surface area contributed by atoms with E-state index in [1.807, 2.05) is 32.9 Å². The molecule has 0 bridgehead atoms. The van der Waals surface area contributed by atoms with Crippen LogP contribution in [-0.4, -0.2) is 30.6 Å². The highest BCUT2D eigenvalue weighted by Gasteiger charge is 2.24. The molecule has 0 radical (unpaired) electrons. The average molecular weight is 280 g/mol. The minimum Gasteiger partial charge on any atom is -0.429 e. The molecule has 2 atom stereocenters. The number of cyclic esters (lactones) is 1. The van der Waals surface area contributed by atoms with Crippen LogP contribution in [0.25, 0.3) is 0 Å².